The van der Waals surface area contributed by atoms with Gasteiger partial charge in [0.05, 0.1) is 6.04 Å². The van der Waals surface area contributed by atoms with Crippen LogP contribution in [0.25, 0.3) is 11.4 Å². The molecule has 0 fully saturated rings. The maximum atomic E-state index is 13.6. The summed E-state index contributed by atoms with van der Waals surface area (Å²) < 4.78 is 15.6. The molecule has 29 heavy (non-hydrogen) atoms. The van der Waals surface area contributed by atoms with Crippen LogP contribution in [0.2, 0.25) is 0 Å². The molecule has 6 nitrogen and oxygen atoms in total. The van der Waals surface area contributed by atoms with E-state index in [0.29, 0.717) is 17.1 Å². The first kappa shape index (κ1) is 20.9. The van der Waals surface area contributed by atoms with Gasteiger partial charge in [-0.05, 0) is 57.0 Å². The Balaban J connectivity index is 1.73. The normalized spacial score (nSPS) is 12.2. The predicted octanol–water partition coefficient (Wildman–Crippen LogP) is 3.47. The van der Waals surface area contributed by atoms with Gasteiger partial charge in [-0.3, -0.25) is 14.5 Å². The molecule has 1 atom stereocenters. The summed E-state index contributed by atoms with van der Waals surface area (Å²) in [5.74, 6) is 0.121. The standard InChI is InChI=1S/C21H24FN5OS/c1-14-6-4-8-16(10-14)20-24-25-21(29)27(20)13-19(28)23-12-18(26(2)3)15-7-5-9-17(22)11-15/h4-11,18H,12-13H2,1-3H3,(H,23,28)(H,25,29)/t18-/m1/s1. The van der Waals surface area contributed by atoms with Gasteiger partial charge in [-0.1, -0.05) is 35.9 Å². The second-order valence-corrected chi connectivity index (χ2v) is 7.53. The Morgan fingerprint density at radius 1 is 1.28 bits per heavy atom. The molecule has 8 heteroatoms. The van der Waals surface area contributed by atoms with Gasteiger partial charge in [-0.15, -0.1) is 0 Å². The van der Waals surface area contributed by atoms with E-state index in [1.807, 2.05) is 56.3 Å². The van der Waals surface area contributed by atoms with Crippen LogP contribution in [-0.4, -0.2) is 46.2 Å². The number of hydrogen-bond acceptors (Lipinski definition) is 4. The Labute approximate surface area is 174 Å². The minimum atomic E-state index is -0.298. The van der Waals surface area contributed by atoms with Crippen LogP contribution in [0.15, 0.2) is 48.5 Å². The third-order valence-corrected chi connectivity index (χ3v) is 5.00. The van der Waals surface area contributed by atoms with Crippen molar-refractivity contribution in [2.75, 3.05) is 20.6 Å². The number of likely N-dealkylation sites (N-methyl/N-ethyl adjacent to an activating group) is 1. The van der Waals surface area contributed by atoms with Crippen LogP contribution in [0.5, 0.6) is 0 Å². The predicted molar refractivity (Wildman–Crippen MR) is 113 cm³/mol. The molecule has 0 unspecified atom stereocenters. The van der Waals surface area contributed by atoms with Crippen molar-refractivity contribution < 1.29 is 9.18 Å². The van der Waals surface area contributed by atoms with E-state index < -0.39 is 0 Å². The highest BCUT2D eigenvalue weighted by Crippen LogP contribution is 2.20. The summed E-state index contributed by atoms with van der Waals surface area (Å²) in [6.07, 6.45) is 0. The van der Waals surface area contributed by atoms with E-state index in [4.69, 9.17) is 12.2 Å². The second kappa shape index (κ2) is 9.11. The zero-order valence-corrected chi connectivity index (χ0v) is 17.5. The summed E-state index contributed by atoms with van der Waals surface area (Å²) in [4.78, 5) is 14.6. The summed E-state index contributed by atoms with van der Waals surface area (Å²) in [5.41, 5.74) is 2.78. The number of aromatic amines is 1. The maximum absolute atomic E-state index is 13.6. The molecular weight excluding hydrogens is 389 g/mol. The van der Waals surface area contributed by atoms with Gasteiger partial charge in [-0.2, -0.15) is 5.10 Å². The van der Waals surface area contributed by atoms with Crippen LogP contribution in [0.1, 0.15) is 17.2 Å². The Hall–Kier alpha value is -2.84. The fraction of sp³-hybridized carbons (Fsp3) is 0.286. The number of H-pyrrole nitrogens is 1. The maximum Gasteiger partial charge on any atom is 0.240 e. The molecule has 1 amide bonds. The van der Waals surface area contributed by atoms with Crippen LogP contribution in [0.4, 0.5) is 4.39 Å². The van der Waals surface area contributed by atoms with E-state index in [1.54, 1.807) is 10.6 Å². The van der Waals surface area contributed by atoms with Gasteiger partial charge in [0.25, 0.3) is 0 Å². The number of rotatable bonds is 7. The number of carbonyl (C=O) groups excluding carboxylic acids is 1. The first-order chi connectivity index (χ1) is 13.8. The lowest BCUT2D eigenvalue weighted by molar-refractivity contribution is -0.121. The highest BCUT2D eigenvalue weighted by molar-refractivity contribution is 7.71. The third-order valence-electron chi connectivity index (χ3n) is 4.69. The van der Waals surface area contributed by atoms with Crippen molar-refractivity contribution in [3.8, 4) is 11.4 Å². The van der Waals surface area contributed by atoms with Gasteiger partial charge in [0.15, 0.2) is 10.6 Å². The van der Waals surface area contributed by atoms with E-state index in [2.05, 4.69) is 15.5 Å². The van der Waals surface area contributed by atoms with Gasteiger partial charge >= 0.3 is 0 Å². The molecule has 0 aliphatic carbocycles. The summed E-state index contributed by atoms with van der Waals surface area (Å²) >= 11 is 5.31. The van der Waals surface area contributed by atoms with E-state index in [-0.39, 0.29) is 24.3 Å². The molecule has 0 radical (unpaired) electrons. The third kappa shape index (κ3) is 5.16. The minimum Gasteiger partial charge on any atom is -0.353 e. The summed E-state index contributed by atoms with van der Waals surface area (Å²) in [5, 5.41) is 9.96. The molecule has 0 saturated carbocycles. The molecule has 152 valence electrons. The van der Waals surface area contributed by atoms with Gasteiger partial charge in [0.2, 0.25) is 5.91 Å². The molecule has 0 bridgehead atoms. The first-order valence-electron chi connectivity index (χ1n) is 9.26. The fourth-order valence-corrected chi connectivity index (χ4v) is 3.39. The Bertz CT molecular complexity index is 1060. The number of carbonyl (C=O) groups is 1. The Morgan fingerprint density at radius 3 is 2.72 bits per heavy atom. The van der Waals surface area contributed by atoms with Gasteiger partial charge in [0, 0.05) is 12.1 Å². The topological polar surface area (TPSA) is 66.0 Å². The number of amides is 1. The first-order valence-corrected chi connectivity index (χ1v) is 9.67. The average Bonchev–Trinajstić information content (AvgIpc) is 3.02. The van der Waals surface area contributed by atoms with Crippen LogP contribution in [0.3, 0.4) is 0 Å². The lowest BCUT2D eigenvalue weighted by Crippen LogP contribution is -2.36. The van der Waals surface area contributed by atoms with Crippen molar-refractivity contribution in [3.05, 3.63) is 70.2 Å². The fourth-order valence-electron chi connectivity index (χ4n) is 3.19. The molecule has 1 aromatic heterocycles. The zero-order valence-electron chi connectivity index (χ0n) is 16.6. The number of aromatic nitrogens is 3. The molecule has 2 aromatic carbocycles. The number of nitrogens with one attached hydrogen (secondary N) is 2. The molecule has 0 aliphatic heterocycles. The van der Waals surface area contributed by atoms with Crippen LogP contribution in [-0.2, 0) is 11.3 Å². The van der Waals surface area contributed by atoms with Crippen molar-refractivity contribution in [1.82, 2.24) is 25.0 Å². The van der Waals surface area contributed by atoms with Crippen molar-refractivity contribution in [1.29, 1.82) is 0 Å². The summed E-state index contributed by atoms with van der Waals surface area (Å²) in [6.45, 7) is 2.39. The lowest BCUT2D eigenvalue weighted by Gasteiger charge is -2.25. The van der Waals surface area contributed by atoms with Crippen LogP contribution < -0.4 is 5.32 Å². The quantitative estimate of drug-likeness (QED) is 0.582. The summed E-state index contributed by atoms with van der Waals surface area (Å²) in [6, 6.07) is 14.1. The molecule has 0 aliphatic rings. The number of benzene rings is 2. The van der Waals surface area contributed by atoms with E-state index in [0.717, 1.165) is 16.7 Å². The Kier molecular flexibility index (Phi) is 6.56. The zero-order chi connectivity index (χ0) is 21.0. The Morgan fingerprint density at radius 2 is 2.03 bits per heavy atom. The number of nitrogens with zero attached hydrogens (tertiary/aromatic N) is 3. The molecule has 0 spiro atoms. The van der Waals surface area contributed by atoms with E-state index in [9.17, 15) is 9.18 Å². The number of halogens is 1. The van der Waals surface area contributed by atoms with Crippen LogP contribution in [0, 0.1) is 17.5 Å². The molecular formula is C21H24FN5OS. The lowest BCUT2D eigenvalue weighted by atomic mass is 10.1. The molecule has 3 rings (SSSR count). The van der Waals surface area contributed by atoms with Crippen molar-refractivity contribution in [2.24, 2.45) is 0 Å². The van der Waals surface area contributed by atoms with Gasteiger partial charge in [0.1, 0.15) is 12.4 Å². The van der Waals surface area contributed by atoms with Crippen molar-refractivity contribution >= 4 is 18.1 Å². The van der Waals surface area contributed by atoms with Gasteiger partial charge in [-0.25, -0.2) is 4.39 Å². The monoisotopic (exact) mass is 413 g/mol. The molecule has 3 aromatic rings. The molecule has 2 N–H and O–H groups in total. The highest BCUT2D eigenvalue weighted by Gasteiger charge is 2.17. The highest BCUT2D eigenvalue weighted by atomic mass is 32.1. The number of aryl methyl sites for hydroxylation is 1. The largest absolute Gasteiger partial charge is 0.353 e. The van der Waals surface area contributed by atoms with Crippen LogP contribution >= 0.6 is 12.2 Å². The SMILES string of the molecule is Cc1cccc(-c2n[nH]c(=S)n2CC(=O)NC[C@H](c2cccc(F)c2)N(C)C)c1. The molecule has 1 heterocycles. The average molecular weight is 414 g/mol. The van der Waals surface area contributed by atoms with E-state index in [1.165, 1.54) is 12.1 Å². The van der Waals surface area contributed by atoms with Crippen molar-refractivity contribution in [3.63, 3.8) is 0 Å². The van der Waals surface area contributed by atoms with Gasteiger partial charge < -0.3 is 10.2 Å². The van der Waals surface area contributed by atoms with E-state index >= 15 is 0 Å². The van der Waals surface area contributed by atoms with Crippen molar-refractivity contribution in [2.45, 2.75) is 19.5 Å². The second-order valence-electron chi connectivity index (χ2n) is 7.15. The number of hydrogen-bond donors (Lipinski definition) is 2. The molecule has 0 saturated heterocycles. The minimum absolute atomic E-state index is 0.0436. The summed E-state index contributed by atoms with van der Waals surface area (Å²) in [7, 11) is 3.79. The smallest absolute Gasteiger partial charge is 0.240 e.